The Kier molecular flexibility index (Phi) is 6.68. The van der Waals surface area contributed by atoms with Crippen LogP contribution in [0.5, 0.6) is 11.5 Å². The molecule has 0 radical (unpaired) electrons. The van der Waals surface area contributed by atoms with Crippen molar-refractivity contribution in [3.63, 3.8) is 0 Å². The van der Waals surface area contributed by atoms with Gasteiger partial charge >= 0.3 is 0 Å². The first-order valence-electron chi connectivity index (χ1n) is 9.04. The van der Waals surface area contributed by atoms with Crippen LogP contribution in [-0.4, -0.2) is 48.4 Å². The number of aliphatic hydroxyl groups excluding tert-OH is 3. The van der Waals surface area contributed by atoms with Crippen molar-refractivity contribution in [2.75, 3.05) is 26.9 Å². The third-order valence-corrected chi connectivity index (χ3v) is 5.05. The third kappa shape index (κ3) is 4.42. The Morgan fingerprint density at radius 3 is 2.56 bits per heavy atom. The summed E-state index contributed by atoms with van der Waals surface area (Å²) in [6.07, 6.45) is -1.29. The van der Waals surface area contributed by atoms with Gasteiger partial charge in [-0.3, -0.25) is 0 Å². The van der Waals surface area contributed by atoms with Crippen molar-refractivity contribution >= 4 is 0 Å². The number of hydrogen-bond acceptors (Lipinski definition) is 6. The molecule has 4 atom stereocenters. The Labute approximate surface area is 158 Å². The number of benzene rings is 2. The van der Waals surface area contributed by atoms with E-state index in [9.17, 15) is 15.3 Å². The van der Waals surface area contributed by atoms with Crippen molar-refractivity contribution in [2.45, 2.75) is 18.8 Å². The van der Waals surface area contributed by atoms with Gasteiger partial charge in [0.25, 0.3) is 0 Å². The van der Waals surface area contributed by atoms with Crippen molar-refractivity contribution in [1.29, 1.82) is 0 Å². The second-order valence-electron chi connectivity index (χ2n) is 6.70. The van der Waals surface area contributed by atoms with E-state index in [-0.39, 0.29) is 37.8 Å². The number of ether oxygens (including phenoxy) is 3. The number of rotatable bonds is 8. The Morgan fingerprint density at radius 2 is 1.89 bits per heavy atom. The Bertz CT molecular complexity index is 720. The van der Waals surface area contributed by atoms with E-state index in [0.717, 1.165) is 11.1 Å². The van der Waals surface area contributed by atoms with Gasteiger partial charge in [-0.05, 0) is 23.3 Å². The molecule has 1 saturated heterocycles. The van der Waals surface area contributed by atoms with Crippen LogP contribution in [0.1, 0.15) is 17.2 Å². The van der Waals surface area contributed by atoms with E-state index in [1.807, 2.05) is 48.5 Å². The van der Waals surface area contributed by atoms with Gasteiger partial charge in [-0.2, -0.15) is 0 Å². The second-order valence-corrected chi connectivity index (χ2v) is 6.70. The highest BCUT2D eigenvalue weighted by Gasteiger charge is 2.41. The zero-order valence-electron chi connectivity index (χ0n) is 15.3. The second kappa shape index (κ2) is 9.19. The maximum Gasteiger partial charge on any atom is 0.161 e. The molecule has 3 N–H and O–H groups in total. The molecule has 3 rings (SSSR count). The van der Waals surface area contributed by atoms with E-state index in [1.165, 1.54) is 0 Å². The Hall–Kier alpha value is -2.12. The number of hydrogen-bond donors (Lipinski definition) is 3. The molecule has 1 unspecified atom stereocenters. The molecule has 146 valence electrons. The van der Waals surface area contributed by atoms with Gasteiger partial charge in [0.2, 0.25) is 0 Å². The van der Waals surface area contributed by atoms with Crippen LogP contribution < -0.4 is 9.47 Å². The van der Waals surface area contributed by atoms with Gasteiger partial charge in [-0.1, -0.05) is 36.4 Å². The lowest BCUT2D eigenvalue weighted by Gasteiger charge is -2.24. The van der Waals surface area contributed by atoms with E-state index < -0.39 is 6.10 Å². The lowest BCUT2D eigenvalue weighted by Crippen LogP contribution is -2.32. The quantitative estimate of drug-likeness (QED) is 0.654. The highest BCUT2D eigenvalue weighted by molar-refractivity contribution is 5.44. The third-order valence-electron chi connectivity index (χ3n) is 5.05. The fourth-order valence-electron chi connectivity index (χ4n) is 3.51. The first-order chi connectivity index (χ1) is 13.2. The van der Waals surface area contributed by atoms with Gasteiger partial charge in [-0.25, -0.2) is 0 Å². The summed E-state index contributed by atoms with van der Waals surface area (Å²) in [5, 5.41) is 28.9. The van der Waals surface area contributed by atoms with Gasteiger partial charge < -0.3 is 29.5 Å². The van der Waals surface area contributed by atoms with Crippen molar-refractivity contribution in [3.05, 3.63) is 59.7 Å². The van der Waals surface area contributed by atoms with Crippen LogP contribution in [0.25, 0.3) is 0 Å². The van der Waals surface area contributed by atoms with Crippen LogP contribution in [0.2, 0.25) is 0 Å². The largest absolute Gasteiger partial charge is 0.493 e. The highest BCUT2D eigenvalue weighted by Crippen LogP contribution is 2.42. The topological polar surface area (TPSA) is 88.4 Å². The summed E-state index contributed by atoms with van der Waals surface area (Å²) >= 11 is 0. The normalized spacial score (nSPS) is 23.2. The van der Waals surface area contributed by atoms with Crippen molar-refractivity contribution in [3.8, 4) is 11.5 Å². The van der Waals surface area contributed by atoms with Crippen LogP contribution in [0.3, 0.4) is 0 Å². The highest BCUT2D eigenvalue weighted by atomic mass is 16.5. The molecule has 0 aliphatic carbocycles. The predicted molar refractivity (Wildman–Crippen MR) is 99.6 cm³/mol. The smallest absolute Gasteiger partial charge is 0.161 e. The number of methoxy groups -OCH3 is 1. The molecule has 0 spiro atoms. The molecule has 1 heterocycles. The monoisotopic (exact) mass is 374 g/mol. The van der Waals surface area contributed by atoms with Gasteiger partial charge in [0.15, 0.2) is 11.5 Å². The molecule has 0 amide bonds. The van der Waals surface area contributed by atoms with Crippen LogP contribution in [0, 0.1) is 11.8 Å². The zero-order valence-corrected chi connectivity index (χ0v) is 15.3. The van der Waals surface area contributed by atoms with Crippen molar-refractivity contribution in [2.24, 2.45) is 11.8 Å². The molecule has 0 aromatic heterocycles. The fourth-order valence-corrected chi connectivity index (χ4v) is 3.51. The average Bonchev–Trinajstić information content (AvgIpc) is 3.16. The molecule has 2 aromatic carbocycles. The first kappa shape index (κ1) is 19.6. The van der Waals surface area contributed by atoms with Gasteiger partial charge in [0.05, 0.1) is 32.5 Å². The van der Waals surface area contributed by atoms with Crippen LogP contribution in [0.4, 0.5) is 0 Å². The Balaban J connectivity index is 1.75. The molecule has 6 heteroatoms. The molecule has 27 heavy (non-hydrogen) atoms. The van der Waals surface area contributed by atoms with Crippen LogP contribution in [0.15, 0.2) is 48.5 Å². The summed E-state index contributed by atoms with van der Waals surface area (Å²) in [7, 11) is 1.58. The molecule has 0 saturated carbocycles. The molecule has 2 aromatic rings. The summed E-state index contributed by atoms with van der Waals surface area (Å²) in [6.45, 7) is 0.223. The standard InChI is InChI=1S/C21H26O6/c1-25-20-9-15(21-16(10-22)17(13-27-21)18(24)11-23)7-8-19(20)26-12-14-5-3-2-4-6-14/h2-9,16-18,21-24H,10-13H2,1H3/t16-,17-,18?,21+/m0/s1. The molecule has 0 bridgehead atoms. The minimum atomic E-state index is -0.914. The van der Waals surface area contributed by atoms with Crippen LogP contribution in [-0.2, 0) is 11.3 Å². The van der Waals surface area contributed by atoms with E-state index in [1.54, 1.807) is 7.11 Å². The predicted octanol–water partition coefficient (Wildman–Crippen LogP) is 1.92. The summed E-state index contributed by atoms with van der Waals surface area (Å²) in [5.74, 6) is 0.586. The molecule has 1 aliphatic rings. The van der Waals surface area contributed by atoms with Gasteiger partial charge in [0, 0.05) is 18.4 Å². The summed E-state index contributed by atoms with van der Waals surface area (Å²) in [6, 6.07) is 15.4. The molecule has 1 aliphatic heterocycles. The molecule has 1 fully saturated rings. The maximum atomic E-state index is 9.96. The number of aliphatic hydroxyl groups is 3. The molecule has 6 nitrogen and oxygen atoms in total. The summed E-state index contributed by atoms with van der Waals surface area (Å²) in [5.41, 5.74) is 1.90. The average molecular weight is 374 g/mol. The minimum Gasteiger partial charge on any atom is -0.493 e. The van der Waals surface area contributed by atoms with E-state index >= 15 is 0 Å². The van der Waals surface area contributed by atoms with Gasteiger partial charge in [-0.15, -0.1) is 0 Å². The van der Waals surface area contributed by atoms with Crippen molar-refractivity contribution in [1.82, 2.24) is 0 Å². The fraction of sp³-hybridized carbons (Fsp3) is 0.429. The van der Waals surface area contributed by atoms with E-state index in [4.69, 9.17) is 14.2 Å². The minimum absolute atomic E-state index is 0.138. The van der Waals surface area contributed by atoms with Gasteiger partial charge in [0.1, 0.15) is 6.61 Å². The Morgan fingerprint density at radius 1 is 1.11 bits per heavy atom. The summed E-state index contributed by atoms with van der Waals surface area (Å²) < 4.78 is 17.2. The van der Waals surface area contributed by atoms with Crippen LogP contribution >= 0.6 is 0 Å². The molecular weight excluding hydrogens is 348 g/mol. The molecular formula is C21H26O6. The lowest BCUT2D eigenvalue weighted by atomic mass is 9.85. The maximum absolute atomic E-state index is 9.96. The summed E-state index contributed by atoms with van der Waals surface area (Å²) in [4.78, 5) is 0. The lowest BCUT2D eigenvalue weighted by molar-refractivity contribution is 0.0223. The van der Waals surface area contributed by atoms with E-state index in [0.29, 0.717) is 18.1 Å². The SMILES string of the molecule is COc1cc([C@H]2OC[C@H](C(O)CO)[C@@H]2CO)ccc1OCc1ccccc1. The first-order valence-corrected chi connectivity index (χ1v) is 9.04. The zero-order chi connectivity index (χ0) is 19.2. The van der Waals surface area contributed by atoms with E-state index in [2.05, 4.69) is 0 Å². The van der Waals surface area contributed by atoms with Crippen molar-refractivity contribution < 1.29 is 29.5 Å².